The number of Topliss-reactive ketones (excluding diaryl/α,β-unsaturated/α-hetero) is 1. The Labute approximate surface area is 278 Å². The lowest BCUT2D eigenvalue weighted by atomic mass is 9.78. The van der Waals surface area contributed by atoms with E-state index in [0.717, 1.165) is 54.7 Å². The third kappa shape index (κ3) is 9.29. The van der Waals surface area contributed by atoms with E-state index in [0.29, 0.717) is 43.9 Å². The van der Waals surface area contributed by atoms with E-state index in [-0.39, 0.29) is 47.1 Å². The molecule has 0 spiro atoms. The number of sulfone groups is 1. The van der Waals surface area contributed by atoms with Gasteiger partial charge in [0.05, 0.1) is 17.3 Å². The number of carbonyl (C=O) groups is 2. The molecule has 0 unspecified atom stereocenters. The van der Waals surface area contributed by atoms with Crippen LogP contribution >= 0.6 is 0 Å². The minimum atomic E-state index is -3.46. The van der Waals surface area contributed by atoms with Crippen molar-refractivity contribution in [3.63, 3.8) is 0 Å². The smallest absolute Gasteiger partial charge is 0.323 e. The molecular weight excluding hydrogens is 617 g/mol. The minimum absolute atomic E-state index is 0.0220. The second kappa shape index (κ2) is 16.0. The van der Waals surface area contributed by atoms with Crippen LogP contribution < -0.4 is 4.74 Å². The predicted octanol–water partition coefficient (Wildman–Crippen LogP) is 7.24. The minimum Gasteiger partial charge on any atom is -0.492 e. The van der Waals surface area contributed by atoms with E-state index in [2.05, 4.69) is 4.90 Å². The van der Waals surface area contributed by atoms with E-state index in [1.165, 1.54) is 12.1 Å². The van der Waals surface area contributed by atoms with E-state index in [1.54, 1.807) is 24.3 Å². The first-order valence-corrected chi connectivity index (χ1v) is 18.5. The summed E-state index contributed by atoms with van der Waals surface area (Å²) in [6.45, 7) is 6.18. The molecule has 47 heavy (non-hydrogen) atoms. The Morgan fingerprint density at radius 2 is 1.53 bits per heavy atom. The zero-order chi connectivity index (χ0) is 33.4. The van der Waals surface area contributed by atoms with Gasteiger partial charge in [-0.15, -0.1) is 0 Å². The molecule has 2 fully saturated rings. The van der Waals surface area contributed by atoms with E-state index < -0.39 is 9.84 Å². The van der Waals surface area contributed by atoms with Crippen molar-refractivity contribution in [2.45, 2.75) is 75.6 Å². The van der Waals surface area contributed by atoms with E-state index >= 15 is 0 Å². The standard InChI is InChI=1S/C38H46FNO6S/c1-3-45-38(42)36-5-4-22-40(36)23-24-46-34-18-12-30(13-19-34)31-14-20-35(21-15-31)47(43,44)26-28-6-8-32(9-7-28)37(41)25-27(2)29-10-16-33(39)17-11-29/h10-21,27-28,32,36H,3-9,22-26H2,1-2H3/t27-,28?,32?,36+/m0/s1. The third-order valence-corrected chi connectivity index (χ3v) is 11.6. The molecule has 0 bridgehead atoms. The van der Waals surface area contributed by atoms with Crippen molar-refractivity contribution in [3.8, 4) is 16.9 Å². The molecule has 1 saturated carbocycles. The van der Waals surface area contributed by atoms with Crippen LogP contribution in [0.15, 0.2) is 77.7 Å². The molecule has 5 rings (SSSR count). The fourth-order valence-electron chi connectivity index (χ4n) is 6.91. The maximum absolute atomic E-state index is 13.3. The summed E-state index contributed by atoms with van der Waals surface area (Å²) in [4.78, 5) is 27.6. The quantitative estimate of drug-likeness (QED) is 0.168. The van der Waals surface area contributed by atoms with Crippen molar-refractivity contribution in [2.24, 2.45) is 11.8 Å². The van der Waals surface area contributed by atoms with Crippen molar-refractivity contribution in [2.75, 3.05) is 32.1 Å². The SMILES string of the molecule is CCOC(=O)[C@H]1CCCN1CCOc1ccc(-c2ccc(S(=O)(=O)CC3CCC(C(=O)C[C@H](C)c4ccc(F)cc4)CC3)cc2)cc1. The highest BCUT2D eigenvalue weighted by Gasteiger charge is 2.32. The first-order chi connectivity index (χ1) is 22.6. The van der Waals surface area contributed by atoms with Gasteiger partial charge in [-0.25, -0.2) is 12.8 Å². The van der Waals surface area contributed by atoms with Gasteiger partial charge < -0.3 is 9.47 Å². The Kier molecular flexibility index (Phi) is 11.9. The number of nitrogens with zero attached hydrogens (tertiary/aromatic N) is 1. The van der Waals surface area contributed by atoms with Crippen LogP contribution in [0.2, 0.25) is 0 Å². The number of carbonyl (C=O) groups excluding carboxylic acids is 2. The van der Waals surface area contributed by atoms with Crippen molar-refractivity contribution in [1.82, 2.24) is 4.90 Å². The fourth-order valence-corrected chi connectivity index (χ4v) is 8.61. The number of halogens is 1. The van der Waals surface area contributed by atoms with Gasteiger partial charge >= 0.3 is 5.97 Å². The normalized spacial score (nSPS) is 20.9. The summed E-state index contributed by atoms with van der Waals surface area (Å²) >= 11 is 0. The highest BCUT2D eigenvalue weighted by atomic mass is 32.2. The van der Waals surface area contributed by atoms with E-state index in [9.17, 15) is 22.4 Å². The molecule has 2 atom stereocenters. The Hall–Kier alpha value is -3.56. The number of rotatable bonds is 14. The third-order valence-electron chi connectivity index (χ3n) is 9.67. The van der Waals surface area contributed by atoms with Crippen LogP contribution in [-0.2, 0) is 24.2 Å². The first kappa shape index (κ1) is 34.8. The Morgan fingerprint density at radius 3 is 2.17 bits per heavy atom. The zero-order valence-electron chi connectivity index (χ0n) is 27.4. The monoisotopic (exact) mass is 663 g/mol. The van der Waals surface area contributed by atoms with Crippen LogP contribution in [0.5, 0.6) is 5.75 Å². The van der Waals surface area contributed by atoms with Gasteiger partial charge in [0.1, 0.15) is 30.0 Å². The van der Waals surface area contributed by atoms with Crippen LogP contribution in [0, 0.1) is 17.7 Å². The lowest BCUT2D eigenvalue weighted by Crippen LogP contribution is -2.39. The molecule has 0 radical (unpaired) electrons. The van der Waals surface area contributed by atoms with Crippen LogP contribution in [-0.4, -0.2) is 63.2 Å². The molecule has 3 aromatic carbocycles. The maximum atomic E-state index is 13.3. The number of hydrogen-bond acceptors (Lipinski definition) is 7. The number of hydrogen-bond donors (Lipinski definition) is 0. The molecular formula is C38H46FNO6S. The van der Waals surface area contributed by atoms with Crippen LogP contribution in [0.1, 0.15) is 70.3 Å². The molecule has 9 heteroatoms. The summed E-state index contributed by atoms with van der Waals surface area (Å²) < 4.78 is 50.9. The number of ether oxygens (including phenoxy) is 2. The molecule has 1 heterocycles. The van der Waals surface area contributed by atoms with Gasteiger partial charge in [0.2, 0.25) is 0 Å². The van der Waals surface area contributed by atoms with Crippen molar-refractivity contribution in [3.05, 3.63) is 84.2 Å². The summed E-state index contributed by atoms with van der Waals surface area (Å²) in [5.74, 6) is 0.607. The van der Waals surface area contributed by atoms with Crippen LogP contribution in [0.25, 0.3) is 11.1 Å². The Balaban J connectivity index is 1.07. The molecule has 1 aliphatic carbocycles. The van der Waals surface area contributed by atoms with Gasteiger partial charge in [-0.3, -0.25) is 14.5 Å². The first-order valence-electron chi connectivity index (χ1n) is 16.9. The van der Waals surface area contributed by atoms with E-state index in [1.807, 2.05) is 50.2 Å². The summed E-state index contributed by atoms with van der Waals surface area (Å²) in [6, 6.07) is 20.9. The summed E-state index contributed by atoms with van der Waals surface area (Å²) in [5, 5.41) is 0. The van der Waals surface area contributed by atoms with Gasteiger partial charge in [-0.05, 0) is 117 Å². The largest absolute Gasteiger partial charge is 0.492 e. The molecule has 2 aliphatic rings. The average Bonchev–Trinajstić information content (AvgIpc) is 3.54. The molecule has 0 aromatic heterocycles. The van der Waals surface area contributed by atoms with Gasteiger partial charge in [0, 0.05) is 18.9 Å². The van der Waals surface area contributed by atoms with E-state index in [4.69, 9.17) is 9.47 Å². The van der Waals surface area contributed by atoms with Crippen molar-refractivity contribution in [1.29, 1.82) is 0 Å². The Bertz CT molecular complexity index is 1580. The summed E-state index contributed by atoms with van der Waals surface area (Å²) in [5.41, 5.74) is 2.83. The fraction of sp³-hybridized carbons (Fsp3) is 0.474. The summed E-state index contributed by atoms with van der Waals surface area (Å²) in [6.07, 6.45) is 5.06. The predicted molar refractivity (Wildman–Crippen MR) is 181 cm³/mol. The molecule has 1 aliphatic heterocycles. The molecule has 1 saturated heterocycles. The van der Waals surface area contributed by atoms with Gasteiger partial charge in [0.15, 0.2) is 9.84 Å². The van der Waals surface area contributed by atoms with Crippen LogP contribution in [0.3, 0.4) is 0 Å². The number of likely N-dealkylation sites (tertiary alicyclic amines) is 1. The van der Waals surface area contributed by atoms with Crippen molar-refractivity contribution >= 4 is 21.6 Å². The average molecular weight is 664 g/mol. The lowest BCUT2D eigenvalue weighted by molar-refractivity contribution is -0.148. The number of benzene rings is 3. The molecule has 0 amide bonds. The highest BCUT2D eigenvalue weighted by Crippen LogP contribution is 2.34. The molecule has 3 aromatic rings. The highest BCUT2D eigenvalue weighted by molar-refractivity contribution is 7.91. The number of ketones is 1. The Morgan fingerprint density at radius 1 is 0.894 bits per heavy atom. The van der Waals surface area contributed by atoms with Gasteiger partial charge in [-0.1, -0.05) is 43.3 Å². The summed E-state index contributed by atoms with van der Waals surface area (Å²) in [7, 11) is -3.46. The maximum Gasteiger partial charge on any atom is 0.323 e. The molecule has 0 N–H and O–H groups in total. The second-order valence-electron chi connectivity index (χ2n) is 13.0. The number of esters is 1. The molecule has 7 nitrogen and oxygen atoms in total. The van der Waals surface area contributed by atoms with Crippen LogP contribution in [0.4, 0.5) is 4.39 Å². The van der Waals surface area contributed by atoms with Gasteiger partial charge in [0.25, 0.3) is 0 Å². The lowest BCUT2D eigenvalue weighted by Gasteiger charge is -2.28. The van der Waals surface area contributed by atoms with Gasteiger partial charge in [-0.2, -0.15) is 0 Å². The van der Waals surface area contributed by atoms with Crippen molar-refractivity contribution < 1.29 is 31.9 Å². The zero-order valence-corrected chi connectivity index (χ0v) is 28.2. The molecule has 252 valence electrons. The second-order valence-corrected chi connectivity index (χ2v) is 15.0. The topological polar surface area (TPSA) is 90.0 Å².